The summed E-state index contributed by atoms with van der Waals surface area (Å²) >= 11 is 0. The van der Waals surface area contributed by atoms with Gasteiger partial charge in [0.25, 0.3) is 5.91 Å². The van der Waals surface area contributed by atoms with Gasteiger partial charge >= 0.3 is 0 Å². The Morgan fingerprint density at radius 1 is 1.50 bits per heavy atom. The maximum Gasteiger partial charge on any atom is 0.274 e. The normalized spacial score (nSPS) is 17.1. The SMILES string of the molecule is Cn1ccc(C(=O)N2CCNCC2)n1. The molecule has 1 aromatic heterocycles. The van der Waals surface area contributed by atoms with Gasteiger partial charge in [0.2, 0.25) is 0 Å². The zero-order valence-electron chi connectivity index (χ0n) is 8.23. The number of carbonyl (C=O) groups excluding carboxylic acids is 1. The molecule has 5 nitrogen and oxygen atoms in total. The van der Waals surface area contributed by atoms with Crippen LogP contribution in [-0.4, -0.2) is 46.8 Å². The van der Waals surface area contributed by atoms with Gasteiger partial charge in [-0.2, -0.15) is 5.10 Å². The molecule has 5 heteroatoms. The third-order valence-electron chi connectivity index (χ3n) is 2.34. The van der Waals surface area contributed by atoms with Gasteiger partial charge in [0, 0.05) is 39.4 Å². The number of hydrogen-bond acceptors (Lipinski definition) is 3. The zero-order valence-corrected chi connectivity index (χ0v) is 8.23. The number of carbonyl (C=O) groups is 1. The monoisotopic (exact) mass is 194 g/mol. The molecule has 14 heavy (non-hydrogen) atoms. The molecule has 1 saturated heterocycles. The topological polar surface area (TPSA) is 50.2 Å². The number of piperazine rings is 1. The standard InChI is InChI=1S/C9H14N4O/c1-12-5-2-8(11-12)9(14)13-6-3-10-4-7-13/h2,5,10H,3-4,6-7H2,1H3. The molecule has 1 fully saturated rings. The van der Waals surface area contributed by atoms with Crippen molar-refractivity contribution in [2.24, 2.45) is 7.05 Å². The van der Waals surface area contributed by atoms with Gasteiger partial charge in [-0.05, 0) is 6.07 Å². The van der Waals surface area contributed by atoms with Crippen LogP contribution in [0, 0.1) is 0 Å². The van der Waals surface area contributed by atoms with Crippen LogP contribution in [0.2, 0.25) is 0 Å². The number of aryl methyl sites for hydroxylation is 1. The molecular formula is C9H14N4O. The van der Waals surface area contributed by atoms with Crippen LogP contribution in [0.1, 0.15) is 10.5 Å². The molecule has 2 heterocycles. The van der Waals surface area contributed by atoms with Crippen molar-refractivity contribution in [3.8, 4) is 0 Å². The van der Waals surface area contributed by atoms with Crippen molar-refractivity contribution in [2.45, 2.75) is 0 Å². The van der Waals surface area contributed by atoms with Gasteiger partial charge in [-0.3, -0.25) is 9.48 Å². The van der Waals surface area contributed by atoms with Crippen LogP contribution in [0.15, 0.2) is 12.3 Å². The van der Waals surface area contributed by atoms with Crippen LogP contribution in [0.5, 0.6) is 0 Å². The average molecular weight is 194 g/mol. The molecule has 0 bridgehead atoms. The van der Waals surface area contributed by atoms with Crippen LogP contribution in [0.3, 0.4) is 0 Å². The minimum atomic E-state index is 0.0344. The predicted octanol–water partition coefficient (Wildman–Crippen LogP) is -0.535. The van der Waals surface area contributed by atoms with E-state index in [0.29, 0.717) is 5.69 Å². The van der Waals surface area contributed by atoms with Gasteiger partial charge < -0.3 is 10.2 Å². The second-order valence-electron chi connectivity index (χ2n) is 3.42. The van der Waals surface area contributed by atoms with Crippen molar-refractivity contribution < 1.29 is 4.79 Å². The molecule has 0 saturated carbocycles. The molecular weight excluding hydrogens is 180 g/mol. The minimum absolute atomic E-state index is 0.0344. The summed E-state index contributed by atoms with van der Waals surface area (Å²) in [6, 6.07) is 1.75. The first-order valence-corrected chi connectivity index (χ1v) is 4.77. The molecule has 2 rings (SSSR count). The minimum Gasteiger partial charge on any atom is -0.335 e. The summed E-state index contributed by atoms with van der Waals surface area (Å²) in [6.45, 7) is 3.29. The van der Waals surface area contributed by atoms with Gasteiger partial charge in [-0.1, -0.05) is 0 Å². The molecule has 1 aromatic rings. The van der Waals surface area contributed by atoms with Crippen LogP contribution in [0.4, 0.5) is 0 Å². The fourth-order valence-corrected chi connectivity index (χ4v) is 1.56. The third-order valence-corrected chi connectivity index (χ3v) is 2.34. The van der Waals surface area contributed by atoms with Crippen molar-refractivity contribution in [2.75, 3.05) is 26.2 Å². The molecule has 1 aliphatic heterocycles. The molecule has 0 radical (unpaired) electrons. The lowest BCUT2D eigenvalue weighted by atomic mass is 10.3. The Bertz CT molecular complexity index is 327. The lowest BCUT2D eigenvalue weighted by Crippen LogP contribution is -2.46. The van der Waals surface area contributed by atoms with E-state index >= 15 is 0 Å². The highest BCUT2D eigenvalue weighted by atomic mass is 16.2. The quantitative estimate of drug-likeness (QED) is 0.653. The van der Waals surface area contributed by atoms with Crippen molar-refractivity contribution >= 4 is 5.91 Å². The Morgan fingerprint density at radius 3 is 2.79 bits per heavy atom. The summed E-state index contributed by atoms with van der Waals surface area (Å²) in [6.07, 6.45) is 1.79. The summed E-state index contributed by atoms with van der Waals surface area (Å²) in [5.74, 6) is 0.0344. The first kappa shape index (κ1) is 9.21. The largest absolute Gasteiger partial charge is 0.335 e. The summed E-state index contributed by atoms with van der Waals surface area (Å²) in [5, 5.41) is 7.30. The van der Waals surface area contributed by atoms with Crippen molar-refractivity contribution in [3.63, 3.8) is 0 Å². The first-order chi connectivity index (χ1) is 6.77. The lowest BCUT2D eigenvalue weighted by Gasteiger charge is -2.26. The fourth-order valence-electron chi connectivity index (χ4n) is 1.56. The highest BCUT2D eigenvalue weighted by Crippen LogP contribution is 2.02. The molecule has 76 valence electrons. The van der Waals surface area contributed by atoms with E-state index in [0.717, 1.165) is 26.2 Å². The highest BCUT2D eigenvalue weighted by Gasteiger charge is 2.19. The van der Waals surface area contributed by atoms with E-state index in [1.807, 2.05) is 11.9 Å². The van der Waals surface area contributed by atoms with Gasteiger partial charge in [-0.15, -0.1) is 0 Å². The molecule has 1 amide bonds. The molecule has 0 aromatic carbocycles. The Kier molecular flexibility index (Phi) is 2.49. The Balaban J connectivity index is 2.07. The van der Waals surface area contributed by atoms with Crippen molar-refractivity contribution in [3.05, 3.63) is 18.0 Å². The molecule has 1 aliphatic rings. The number of nitrogens with one attached hydrogen (secondary N) is 1. The Morgan fingerprint density at radius 2 is 2.21 bits per heavy atom. The average Bonchev–Trinajstić information content (AvgIpc) is 2.65. The van der Waals surface area contributed by atoms with E-state index in [2.05, 4.69) is 10.4 Å². The maximum absolute atomic E-state index is 11.8. The number of rotatable bonds is 1. The van der Waals surface area contributed by atoms with Gasteiger partial charge in [-0.25, -0.2) is 0 Å². The second kappa shape index (κ2) is 3.79. The molecule has 0 atom stereocenters. The van der Waals surface area contributed by atoms with Crippen LogP contribution in [-0.2, 0) is 7.05 Å². The first-order valence-electron chi connectivity index (χ1n) is 4.77. The van der Waals surface area contributed by atoms with Crippen molar-refractivity contribution in [1.29, 1.82) is 0 Å². The van der Waals surface area contributed by atoms with Crippen LogP contribution >= 0.6 is 0 Å². The highest BCUT2D eigenvalue weighted by molar-refractivity contribution is 5.92. The smallest absolute Gasteiger partial charge is 0.274 e. The van der Waals surface area contributed by atoms with Crippen LogP contribution < -0.4 is 5.32 Å². The van der Waals surface area contributed by atoms with E-state index in [-0.39, 0.29) is 5.91 Å². The fraction of sp³-hybridized carbons (Fsp3) is 0.556. The Hall–Kier alpha value is -1.36. The van der Waals surface area contributed by atoms with Gasteiger partial charge in [0.05, 0.1) is 0 Å². The molecule has 0 aliphatic carbocycles. The van der Waals surface area contributed by atoms with Gasteiger partial charge in [0.15, 0.2) is 0 Å². The molecule has 0 spiro atoms. The van der Waals surface area contributed by atoms with E-state index in [4.69, 9.17) is 0 Å². The number of nitrogens with zero attached hydrogens (tertiary/aromatic N) is 3. The van der Waals surface area contributed by atoms with E-state index < -0.39 is 0 Å². The Labute approximate surface area is 82.7 Å². The summed E-state index contributed by atoms with van der Waals surface area (Å²) in [4.78, 5) is 13.7. The maximum atomic E-state index is 11.8. The third kappa shape index (κ3) is 1.77. The number of hydrogen-bond donors (Lipinski definition) is 1. The number of aromatic nitrogens is 2. The second-order valence-corrected chi connectivity index (χ2v) is 3.42. The van der Waals surface area contributed by atoms with Crippen molar-refractivity contribution in [1.82, 2.24) is 20.0 Å². The summed E-state index contributed by atoms with van der Waals surface area (Å²) in [7, 11) is 1.81. The van der Waals surface area contributed by atoms with E-state index in [1.165, 1.54) is 0 Å². The van der Waals surface area contributed by atoms with Crippen LogP contribution in [0.25, 0.3) is 0 Å². The van der Waals surface area contributed by atoms with Gasteiger partial charge in [0.1, 0.15) is 5.69 Å². The molecule has 1 N–H and O–H groups in total. The molecule has 0 unspecified atom stereocenters. The number of amides is 1. The predicted molar refractivity (Wildman–Crippen MR) is 52.0 cm³/mol. The zero-order chi connectivity index (χ0) is 9.97. The summed E-state index contributed by atoms with van der Waals surface area (Å²) < 4.78 is 1.65. The lowest BCUT2D eigenvalue weighted by molar-refractivity contribution is 0.0729. The van der Waals surface area contributed by atoms with E-state index in [9.17, 15) is 4.79 Å². The van der Waals surface area contributed by atoms with E-state index in [1.54, 1.807) is 16.9 Å². The summed E-state index contributed by atoms with van der Waals surface area (Å²) in [5.41, 5.74) is 0.536.